The first kappa shape index (κ1) is 25.3. The van der Waals surface area contributed by atoms with Crippen molar-refractivity contribution in [3.05, 3.63) is 41.7 Å². The molecule has 1 aromatic carbocycles. The number of carbonyl (C=O) groups excluding carboxylic acids is 2. The minimum Gasteiger partial charge on any atom is -0.395 e. The Bertz CT molecular complexity index is 601. The van der Waals surface area contributed by atoms with E-state index in [9.17, 15) is 22.8 Å². The molecule has 6 nitrogen and oxygen atoms in total. The third kappa shape index (κ3) is 11.8. The Hall–Kier alpha value is -2.71. The van der Waals surface area contributed by atoms with Crippen molar-refractivity contribution in [2.45, 2.75) is 38.4 Å². The first-order chi connectivity index (χ1) is 13.2. The van der Waals surface area contributed by atoms with Gasteiger partial charge in [0.05, 0.1) is 5.70 Å². The molecule has 0 aliphatic carbocycles. The molecule has 0 bridgehead atoms. The molecule has 0 spiro atoms. The maximum Gasteiger partial charge on any atom is 0.386 e. The molecule has 28 heavy (non-hydrogen) atoms. The van der Waals surface area contributed by atoms with E-state index in [0.29, 0.717) is 18.4 Å². The van der Waals surface area contributed by atoms with Crippen molar-refractivity contribution < 1.29 is 22.8 Å². The Morgan fingerprint density at radius 1 is 1.25 bits per heavy atom. The van der Waals surface area contributed by atoms with E-state index in [2.05, 4.69) is 10.6 Å². The van der Waals surface area contributed by atoms with Crippen molar-refractivity contribution in [1.29, 1.82) is 0 Å². The highest BCUT2D eigenvalue weighted by Gasteiger charge is 2.24. The van der Waals surface area contributed by atoms with E-state index in [0.717, 1.165) is 31.5 Å². The molecule has 1 aliphatic rings. The summed E-state index contributed by atoms with van der Waals surface area (Å²) in [6.07, 6.45) is 0.103. The van der Waals surface area contributed by atoms with Crippen LogP contribution in [-0.2, 0) is 9.59 Å². The van der Waals surface area contributed by atoms with Crippen molar-refractivity contribution in [2.75, 3.05) is 26.0 Å². The van der Waals surface area contributed by atoms with Gasteiger partial charge in [0.15, 0.2) is 6.29 Å². The molecule has 4 N–H and O–H groups in total. The number of hydrogen-bond acceptors (Lipinski definition) is 5. The van der Waals surface area contributed by atoms with Crippen LogP contribution in [0.1, 0.15) is 26.2 Å². The number of para-hydroxylation sites is 1. The molecule has 2 rings (SSSR count). The largest absolute Gasteiger partial charge is 0.395 e. The third-order valence-electron chi connectivity index (χ3n) is 3.84. The Morgan fingerprint density at radius 3 is 2.21 bits per heavy atom. The van der Waals surface area contributed by atoms with E-state index in [1.54, 1.807) is 11.9 Å². The quantitative estimate of drug-likeness (QED) is 0.503. The average molecular weight is 402 g/mol. The first-order valence-electron chi connectivity index (χ1n) is 8.78. The number of carbonyl (C=O) groups is 2. The molecule has 0 saturated carbocycles. The van der Waals surface area contributed by atoms with E-state index >= 15 is 0 Å². The molecule has 158 valence electrons. The van der Waals surface area contributed by atoms with E-state index in [1.165, 1.54) is 0 Å². The molecular formula is C19H29F3N4O2. The Morgan fingerprint density at radius 2 is 1.82 bits per heavy atom. The van der Waals surface area contributed by atoms with Crippen LogP contribution in [0.2, 0.25) is 0 Å². The van der Waals surface area contributed by atoms with Crippen LogP contribution in [0.4, 0.5) is 18.9 Å². The lowest BCUT2D eigenvalue weighted by atomic mass is 10.1. The van der Waals surface area contributed by atoms with Crippen LogP contribution in [0.15, 0.2) is 41.7 Å². The molecular weight excluding hydrogens is 373 g/mol. The summed E-state index contributed by atoms with van der Waals surface area (Å²) in [5.74, 6) is 0. The summed E-state index contributed by atoms with van der Waals surface area (Å²) < 4.78 is 31.1. The first-order valence-corrected chi connectivity index (χ1v) is 8.78. The highest BCUT2D eigenvalue weighted by molar-refractivity contribution is 5.72. The van der Waals surface area contributed by atoms with Crippen molar-refractivity contribution in [3.8, 4) is 0 Å². The Labute approximate surface area is 164 Å². The molecule has 1 aliphatic heterocycles. The van der Waals surface area contributed by atoms with Gasteiger partial charge in [0.2, 0.25) is 6.41 Å². The zero-order valence-electron chi connectivity index (χ0n) is 16.4. The highest BCUT2D eigenvalue weighted by atomic mass is 19.4. The van der Waals surface area contributed by atoms with Crippen molar-refractivity contribution >= 4 is 18.4 Å². The second kappa shape index (κ2) is 13.5. The summed E-state index contributed by atoms with van der Waals surface area (Å²) in [5.41, 5.74) is 7.62. The molecule has 1 aromatic rings. The van der Waals surface area contributed by atoms with E-state index < -0.39 is 6.18 Å². The van der Waals surface area contributed by atoms with Gasteiger partial charge in [-0.25, -0.2) is 0 Å². The van der Waals surface area contributed by atoms with Crippen LogP contribution in [0.5, 0.6) is 0 Å². The van der Waals surface area contributed by atoms with Gasteiger partial charge in [0.1, 0.15) is 0 Å². The van der Waals surface area contributed by atoms with Gasteiger partial charge < -0.3 is 21.3 Å². The molecule has 1 heterocycles. The number of nitrogens with two attached hydrogens (primary N) is 1. The number of anilines is 1. The number of halogens is 3. The minimum absolute atomic E-state index is 0.170. The molecule has 1 unspecified atom stereocenters. The molecule has 9 heteroatoms. The summed E-state index contributed by atoms with van der Waals surface area (Å²) in [5, 5.41) is 5.93. The van der Waals surface area contributed by atoms with E-state index in [4.69, 9.17) is 5.73 Å². The van der Waals surface area contributed by atoms with Crippen molar-refractivity contribution in [3.63, 3.8) is 0 Å². The number of benzene rings is 1. The number of alkyl halides is 3. The fraction of sp³-hybridized carbons (Fsp3) is 0.474. The van der Waals surface area contributed by atoms with Crippen molar-refractivity contribution in [2.24, 2.45) is 5.73 Å². The van der Waals surface area contributed by atoms with Crippen LogP contribution in [0, 0.1) is 0 Å². The number of amides is 1. The van der Waals surface area contributed by atoms with E-state index in [-0.39, 0.29) is 18.7 Å². The number of rotatable bonds is 6. The molecule has 1 fully saturated rings. The van der Waals surface area contributed by atoms with Gasteiger partial charge in [0.25, 0.3) is 0 Å². The zero-order valence-corrected chi connectivity index (χ0v) is 16.4. The smallest absolute Gasteiger partial charge is 0.386 e. The van der Waals surface area contributed by atoms with Gasteiger partial charge in [-0.15, -0.1) is 0 Å². The molecule has 1 atom stereocenters. The predicted octanol–water partition coefficient (Wildman–Crippen LogP) is 2.88. The Balaban J connectivity index is 0.000000466. The summed E-state index contributed by atoms with van der Waals surface area (Å²) in [6.45, 7) is 0.985. The number of aldehydes is 1. The lowest BCUT2D eigenvalue weighted by Crippen LogP contribution is -2.31. The van der Waals surface area contributed by atoms with Gasteiger partial charge in [-0.1, -0.05) is 18.2 Å². The summed E-state index contributed by atoms with van der Waals surface area (Å²) in [7, 11) is 3.64. The van der Waals surface area contributed by atoms with E-state index in [1.807, 2.05) is 37.4 Å². The predicted molar refractivity (Wildman–Crippen MR) is 104 cm³/mol. The number of nitrogens with one attached hydrogen (secondary N) is 2. The number of nitrogens with zero attached hydrogens (tertiary/aromatic N) is 1. The molecule has 0 aromatic heterocycles. The third-order valence-corrected chi connectivity index (χ3v) is 3.84. The van der Waals surface area contributed by atoms with Crippen LogP contribution in [0.3, 0.4) is 0 Å². The van der Waals surface area contributed by atoms with Crippen LogP contribution < -0.4 is 16.4 Å². The van der Waals surface area contributed by atoms with Gasteiger partial charge in [-0.3, -0.25) is 9.59 Å². The number of likely N-dealkylation sites (tertiary alicyclic amines) is 1. The second-order valence-corrected chi connectivity index (χ2v) is 6.04. The zero-order chi connectivity index (χ0) is 21.6. The molecule has 1 saturated heterocycles. The normalized spacial score (nSPS) is 16.5. The summed E-state index contributed by atoms with van der Waals surface area (Å²) >= 11 is 0. The topological polar surface area (TPSA) is 87.5 Å². The average Bonchev–Trinajstić information content (AvgIpc) is 3.12. The highest BCUT2D eigenvalue weighted by Crippen LogP contribution is 2.21. The van der Waals surface area contributed by atoms with Crippen LogP contribution >= 0.6 is 0 Å². The maximum atomic E-state index is 10.7. The van der Waals surface area contributed by atoms with Crippen molar-refractivity contribution in [1.82, 2.24) is 10.2 Å². The standard InChI is InChI=1S/C10H17N3O2.C7H9N.C2H3F3/c1-12-10(9(11)6-14)5-8-3-2-4-13(8)7-15;1-8-7-5-3-2-4-6-7;1-2(3,4)5/h6-8,12H,2-5,11H2,1H3;2-6,8H,1H3;1H3/b10-9+;;. The second-order valence-electron chi connectivity index (χ2n) is 6.04. The van der Waals surface area contributed by atoms with Gasteiger partial charge in [0, 0.05) is 51.4 Å². The monoisotopic (exact) mass is 402 g/mol. The lowest BCUT2D eigenvalue weighted by Gasteiger charge is -2.21. The molecule has 1 amide bonds. The van der Waals surface area contributed by atoms with Gasteiger partial charge >= 0.3 is 6.18 Å². The fourth-order valence-corrected chi connectivity index (χ4v) is 2.49. The Kier molecular flexibility index (Phi) is 12.2. The van der Waals surface area contributed by atoms with Gasteiger partial charge in [-0.05, 0) is 25.0 Å². The lowest BCUT2D eigenvalue weighted by molar-refractivity contribution is -0.118. The summed E-state index contributed by atoms with van der Waals surface area (Å²) in [6, 6.07) is 10.2. The summed E-state index contributed by atoms with van der Waals surface area (Å²) in [4.78, 5) is 23.0. The fourth-order valence-electron chi connectivity index (χ4n) is 2.49. The minimum atomic E-state index is -4.00. The number of allylic oxidation sites excluding steroid dienone is 1. The van der Waals surface area contributed by atoms with Crippen LogP contribution in [0.25, 0.3) is 0 Å². The SMILES string of the molecule is CC(F)(F)F.CN/C(CC1CCCN1C=O)=C(/N)C=O.CNc1ccccc1. The van der Waals surface area contributed by atoms with Gasteiger partial charge in [-0.2, -0.15) is 13.2 Å². The molecule has 0 radical (unpaired) electrons. The van der Waals surface area contributed by atoms with Crippen LogP contribution in [-0.4, -0.2) is 50.5 Å². The number of hydrogen-bond donors (Lipinski definition) is 3. The maximum absolute atomic E-state index is 10.7.